The van der Waals surface area contributed by atoms with Crippen molar-refractivity contribution in [2.45, 2.75) is 38.8 Å². The van der Waals surface area contributed by atoms with Crippen LogP contribution in [0, 0.1) is 6.92 Å². The molecular weight excluding hydrogens is 305 g/mol. The summed E-state index contributed by atoms with van der Waals surface area (Å²) < 4.78 is 0. The van der Waals surface area contributed by atoms with Crippen LogP contribution in [0.5, 0.6) is 0 Å². The maximum absolute atomic E-state index is 12.2. The number of hydrogen-bond acceptors (Lipinski definition) is 4. The van der Waals surface area contributed by atoms with Crippen molar-refractivity contribution in [3.63, 3.8) is 0 Å². The second-order valence-electron chi connectivity index (χ2n) is 4.56. The van der Waals surface area contributed by atoms with Gasteiger partial charge < -0.3 is 10.2 Å². The molecule has 4 nitrogen and oxygen atoms in total. The molecule has 0 unspecified atom stereocenters. The number of nitrogens with zero attached hydrogens (tertiary/aromatic N) is 2. The molecule has 1 atom stereocenters. The summed E-state index contributed by atoms with van der Waals surface area (Å²) in [6.45, 7) is 3.63. The van der Waals surface area contributed by atoms with Crippen LogP contribution >= 0.6 is 36.2 Å². The topological polar surface area (TPSA) is 45.2 Å². The molecule has 1 aromatic rings. The molecule has 1 aliphatic heterocycles. The number of likely N-dealkylation sites (N-methyl/N-ethyl adjacent to an activating group) is 1. The Bertz CT molecular complexity index is 394. The molecule has 0 spiro atoms. The lowest BCUT2D eigenvalue weighted by molar-refractivity contribution is -0.133. The Morgan fingerprint density at radius 1 is 1.53 bits per heavy atom. The molecule has 1 amide bonds. The van der Waals surface area contributed by atoms with Crippen LogP contribution in [-0.2, 0) is 11.3 Å². The first-order valence-corrected chi connectivity index (χ1v) is 6.94. The summed E-state index contributed by atoms with van der Waals surface area (Å²) in [6.07, 6.45) is 3.29. The molecule has 1 aliphatic rings. The van der Waals surface area contributed by atoms with Gasteiger partial charge in [-0.15, -0.1) is 36.2 Å². The van der Waals surface area contributed by atoms with Crippen LogP contribution in [0.15, 0.2) is 5.51 Å². The van der Waals surface area contributed by atoms with Crippen molar-refractivity contribution in [3.05, 3.63) is 16.1 Å². The van der Waals surface area contributed by atoms with E-state index < -0.39 is 0 Å². The number of aromatic nitrogens is 1. The minimum absolute atomic E-state index is 0. The number of piperidine rings is 1. The number of hydrogen-bond donors (Lipinski definition) is 1. The van der Waals surface area contributed by atoms with Crippen LogP contribution in [0.25, 0.3) is 0 Å². The smallest absolute Gasteiger partial charge is 0.239 e. The molecular formula is C12H21Cl2N3OS. The third kappa shape index (κ3) is 4.91. The van der Waals surface area contributed by atoms with E-state index in [2.05, 4.69) is 10.3 Å². The highest BCUT2D eigenvalue weighted by atomic mass is 35.5. The van der Waals surface area contributed by atoms with E-state index in [1.165, 1.54) is 11.3 Å². The number of carbonyl (C=O) groups excluding carboxylic acids is 1. The average Bonchev–Trinajstić information content (AvgIpc) is 2.75. The average molecular weight is 326 g/mol. The summed E-state index contributed by atoms with van der Waals surface area (Å²) in [6, 6.07) is 0.0157. The van der Waals surface area contributed by atoms with Crippen LogP contribution in [0.2, 0.25) is 0 Å². The number of aryl methyl sites for hydroxylation is 1. The van der Waals surface area contributed by atoms with Gasteiger partial charge in [-0.05, 0) is 26.3 Å². The van der Waals surface area contributed by atoms with Crippen molar-refractivity contribution in [3.8, 4) is 0 Å². The number of amides is 1. The zero-order chi connectivity index (χ0) is 12.3. The van der Waals surface area contributed by atoms with Crippen LogP contribution in [0.1, 0.15) is 29.8 Å². The Labute approximate surface area is 130 Å². The van der Waals surface area contributed by atoms with Gasteiger partial charge in [-0.2, -0.15) is 0 Å². The van der Waals surface area contributed by atoms with Crippen molar-refractivity contribution in [2.24, 2.45) is 0 Å². The van der Waals surface area contributed by atoms with Crippen LogP contribution in [0.3, 0.4) is 0 Å². The van der Waals surface area contributed by atoms with E-state index in [9.17, 15) is 4.79 Å². The SMILES string of the molecule is Cc1ncsc1CN(C)C(=O)[C@@H]1CCCCN1.Cl.Cl. The zero-order valence-electron chi connectivity index (χ0n) is 11.2. The molecule has 1 aromatic heterocycles. The summed E-state index contributed by atoms with van der Waals surface area (Å²) in [5.41, 5.74) is 2.87. The molecule has 1 N–H and O–H groups in total. The first-order valence-electron chi connectivity index (χ1n) is 6.06. The Morgan fingerprint density at radius 3 is 2.79 bits per heavy atom. The molecule has 0 radical (unpaired) electrons. The minimum atomic E-state index is 0. The van der Waals surface area contributed by atoms with E-state index in [0.29, 0.717) is 6.54 Å². The molecule has 0 saturated carbocycles. The standard InChI is InChI=1S/C12H19N3OS.2ClH/c1-9-11(17-8-14-9)7-15(2)12(16)10-5-3-4-6-13-10;;/h8,10,13H,3-7H2,1-2H3;2*1H/t10-;;/m0../s1. The van der Waals surface area contributed by atoms with Gasteiger partial charge in [0.2, 0.25) is 5.91 Å². The Hall–Kier alpha value is -0.360. The van der Waals surface area contributed by atoms with Crippen molar-refractivity contribution in [1.82, 2.24) is 15.2 Å². The fourth-order valence-electron chi connectivity index (χ4n) is 2.10. The summed E-state index contributed by atoms with van der Waals surface area (Å²) in [5.74, 6) is 0.206. The van der Waals surface area contributed by atoms with Gasteiger partial charge in [0.05, 0.1) is 23.8 Å². The highest BCUT2D eigenvalue weighted by Crippen LogP contribution is 2.16. The summed E-state index contributed by atoms with van der Waals surface area (Å²) in [4.78, 5) is 19.4. The number of rotatable bonds is 3. The van der Waals surface area contributed by atoms with Crippen LogP contribution in [0.4, 0.5) is 0 Å². The van der Waals surface area contributed by atoms with Gasteiger partial charge in [0.25, 0.3) is 0 Å². The maximum atomic E-state index is 12.2. The summed E-state index contributed by atoms with van der Waals surface area (Å²) >= 11 is 1.62. The fourth-order valence-corrected chi connectivity index (χ4v) is 2.93. The lowest BCUT2D eigenvalue weighted by Gasteiger charge is -2.27. The van der Waals surface area contributed by atoms with E-state index in [4.69, 9.17) is 0 Å². The van der Waals surface area contributed by atoms with Crippen molar-refractivity contribution < 1.29 is 4.79 Å². The lowest BCUT2D eigenvalue weighted by atomic mass is 10.0. The summed E-state index contributed by atoms with van der Waals surface area (Å²) in [5, 5.41) is 3.29. The molecule has 0 aromatic carbocycles. The molecule has 19 heavy (non-hydrogen) atoms. The molecule has 2 rings (SSSR count). The molecule has 7 heteroatoms. The fraction of sp³-hybridized carbons (Fsp3) is 0.667. The molecule has 0 aliphatic carbocycles. The summed E-state index contributed by atoms with van der Waals surface area (Å²) in [7, 11) is 1.87. The Morgan fingerprint density at radius 2 is 2.26 bits per heavy atom. The largest absolute Gasteiger partial charge is 0.339 e. The van der Waals surface area contributed by atoms with Crippen LogP contribution < -0.4 is 5.32 Å². The first-order chi connectivity index (χ1) is 8.18. The number of halogens is 2. The molecule has 1 saturated heterocycles. The minimum Gasteiger partial charge on any atom is -0.339 e. The van der Waals surface area contributed by atoms with E-state index in [0.717, 1.165) is 25.1 Å². The first kappa shape index (κ1) is 18.6. The van der Waals surface area contributed by atoms with E-state index in [-0.39, 0.29) is 36.8 Å². The Balaban J connectivity index is 0.00000162. The third-order valence-electron chi connectivity index (χ3n) is 3.21. The Kier molecular flexibility index (Phi) is 8.57. The van der Waals surface area contributed by atoms with E-state index in [1.54, 1.807) is 11.3 Å². The normalized spacial score (nSPS) is 18.1. The van der Waals surface area contributed by atoms with Gasteiger partial charge in [-0.1, -0.05) is 6.42 Å². The van der Waals surface area contributed by atoms with E-state index >= 15 is 0 Å². The van der Waals surface area contributed by atoms with Crippen molar-refractivity contribution >= 4 is 42.1 Å². The predicted molar refractivity (Wildman–Crippen MR) is 83.5 cm³/mol. The monoisotopic (exact) mass is 325 g/mol. The number of carbonyl (C=O) groups is 1. The van der Waals surface area contributed by atoms with Crippen molar-refractivity contribution in [2.75, 3.05) is 13.6 Å². The van der Waals surface area contributed by atoms with E-state index in [1.807, 2.05) is 24.4 Å². The van der Waals surface area contributed by atoms with Gasteiger partial charge in [-0.3, -0.25) is 4.79 Å². The zero-order valence-corrected chi connectivity index (χ0v) is 13.7. The molecule has 1 fully saturated rings. The lowest BCUT2D eigenvalue weighted by Crippen LogP contribution is -2.46. The molecule has 0 bridgehead atoms. The maximum Gasteiger partial charge on any atom is 0.239 e. The van der Waals surface area contributed by atoms with Gasteiger partial charge in [0.15, 0.2) is 0 Å². The third-order valence-corrected chi connectivity index (χ3v) is 4.13. The number of nitrogens with one attached hydrogen (secondary N) is 1. The predicted octanol–water partition coefficient (Wildman–Crippen LogP) is 2.40. The number of thiazole rings is 1. The molecule has 2 heterocycles. The molecule has 110 valence electrons. The highest BCUT2D eigenvalue weighted by molar-refractivity contribution is 7.09. The van der Waals surface area contributed by atoms with Gasteiger partial charge >= 0.3 is 0 Å². The van der Waals surface area contributed by atoms with Crippen LogP contribution in [-0.4, -0.2) is 35.4 Å². The quantitative estimate of drug-likeness (QED) is 0.928. The van der Waals surface area contributed by atoms with Gasteiger partial charge in [0, 0.05) is 11.9 Å². The van der Waals surface area contributed by atoms with Gasteiger partial charge in [0.1, 0.15) is 0 Å². The second kappa shape index (κ2) is 8.74. The van der Waals surface area contributed by atoms with Gasteiger partial charge in [-0.25, -0.2) is 4.98 Å². The van der Waals surface area contributed by atoms with Crippen molar-refractivity contribution in [1.29, 1.82) is 0 Å². The highest BCUT2D eigenvalue weighted by Gasteiger charge is 2.24. The second-order valence-corrected chi connectivity index (χ2v) is 5.50.